The number of nitrogens with one attached hydrogen (secondary N) is 2. The summed E-state index contributed by atoms with van der Waals surface area (Å²) >= 11 is 20.3. The Labute approximate surface area is 333 Å². The van der Waals surface area contributed by atoms with Gasteiger partial charge in [0.1, 0.15) is 17.7 Å². The third-order valence-corrected chi connectivity index (χ3v) is 12.0. The van der Waals surface area contributed by atoms with Gasteiger partial charge >= 0.3 is 6.09 Å². The molecule has 0 spiro atoms. The molecule has 0 radical (unpaired) electrons. The number of rotatable bonds is 6. The first-order valence-corrected chi connectivity index (χ1v) is 19.7. The smallest absolute Gasteiger partial charge is 0.410 e. The number of nitrogens with zero attached hydrogens (tertiary/aromatic N) is 5. The summed E-state index contributed by atoms with van der Waals surface area (Å²) in [6.45, 7) is 4.73. The number of carbonyl (C=O) groups is 2. The van der Waals surface area contributed by atoms with Crippen molar-refractivity contribution < 1.29 is 14.3 Å². The van der Waals surface area contributed by atoms with Gasteiger partial charge in [-0.2, -0.15) is 0 Å². The number of amides is 2. The molecule has 2 saturated heterocycles. The summed E-state index contributed by atoms with van der Waals surface area (Å²) < 4.78 is 5.31. The lowest BCUT2D eigenvalue weighted by Crippen LogP contribution is -2.50. The van der Waals surface area contributed by atoms with Crippen molar-refractivity contribution in [1.82, 2.24) is 24.8 Å². The van der Waals surface area contributed by atoms with Crippen LogP contribution in [0.4, 0.5) is 16.3 Å². The first kappa shape index (κ1) is 35.7. The summed E-state index contributed by atoms with van der Waals surface area (Å²) in [5.74, 6) is 0.406. The zero-order valence-corrected chi connectivity index (χ0v) is 32.3. The van der Waals surface area contributed by atoms with Gasteiger partial charge in [0, 0.05) is 63.4 Å². The number of hydrogen-bond acceptors (Lipinski definition) is 7. The fourth-order valence-electron chi connectivity index (χ4n) is 8.74. The molecule has 10 nitrogen and oxygen atoms in total. The van der Waals surface area contributed by atoms with E-state index >= 15 is 0 Å². The van der Waals surface area contributed by atoms with Gasteiger partial charge in [-0.25, -0.2) is 14.8 Å². The predicted octanol–water partition coefficient (Wildman–Crippen LogP) is 9.81. The number of carbonyl (C=O) groups excluding carboxylic acids is 2. The van der Waals surface area contributed by atoms with Crippen LogP contribution in [0.2, 0.25) is 15.1 Å². The number of piperidine rings is 1. The van der Waals surface area contributed by atoms with Crippen molar-refractivity contribution in [3.8, 4) is 0 Å². The lowest BCUT2D eigenvalue weighted by molar-refractivity contribution is 0.0499. The summed E-state index contributed by atoms with van der Waals surface area (Å²) in [6, 6.07) is 19.5. The number of aromatic amines is 1. The minimum absolute atomic E-state index is 0.0991. The van der Waals surface area contributed by atoms with Crippen molar-refractivity contribution in [3.05, 3.63) is 128 Å². The van der Waals surface area contributed by atoms with Gasteiger partial charge in [-0.05, 0) is 78.1 Å². The minimum atomic E-state index is -0.371. The van der Waals surface area contributed by atoms with Crippen LogP contribution in [0.15, 0.2) is 85.5 Å². The summed E-state index contributed by atoms with van der Waals surface area (Å²) in [5, 5.41) is 5.69. The Bertz CT molecular complexity index is 2390. The van der Waals surface area contributed by atoms with Gasteiger partial charge < -0.3 is 29.7 Å². The third-order valence-electron chi connectivity index (χ3n) is 11.2. The molecule has 2 aromatic heterocycles. The topological polar surface area (TPSA) is 107 Å². The normalized spacial score (nSPS) is 20.1. The molecular weight excluding hydrogens is 757 g/mol. The molecule has 280 valence electrons. The average molecular weight is 795 g/mol. The molecule has 4 aliphatic heterocycles. The standard InChI is InChI=1S/C42H38Cl3N7O3/c1-24-7-5-14-52-38(29-11-10-26(43)20-31(29)45)30-19-27(44)21-32-35(30)36(39(52)34(24)25-8-3-2-4-9-25)37(48-32)41(53)49-33-22-46-23-47-40(33)50-16-12-28(13-17-50)51-15-6-18-55-42(51)54/h2-5,8-11,14,19-24,28,38,48H,6-7,12-13,15-18H2,1H3,(H,49,53). The van der Waals surface area contributed by atoms with Crippen molar-refractivity contribution in [2.45, 2.75) is 44.7 Å². The zero-order valence-electron chi connectivity index (χ0n) is 30.1. The Morgan fingerprint density at radius 2 is 1.80 bits per heavy atom. The van der Waals surface area contributed by atoms with E-state index in [9.17, 15) is 9.59 Å². The van der Waals surface area contributed by atoms with Gasteiger partial charge in [-0.3, -0.25) is 4.79 Å². The van der Waals surface area contributed by atoms with E-state index in [1.165, 1.54) is 6.33 Å². The number of aromatic nitrogens is 3. The van der Waals surface area contributed by atoms with E-state index < -0.39 is 0 Å². The van der Waals surface area contributed by atoms with Crippen LogP contribution in [-0.2, 0) is 4.74 Å². The van der Waals surface area contributed by atoms with E-state index in [4.69, 9.17) is 39.5 Å². The van der Waals surface area contributed by atoms with Gasteiger partial charge in [0.2, 0.25) is 0 Å². The number of fused-ring (bicyclic) bond motifs is 2. The summed E-state index contributed by atoms with van der Waals surface area (Å²) in [7, 11) is 0. The highest BCUT2D eigenvalue weighted by molar-refractivity contribution is 6.35. The molecule has 2 N–H and O–H groups in total. The lowest BCUT2D eigenvalue weighted by atomic mass is 9.82. The van der Waals surface area contributed by atoms with E-state index in [0.29, 0.717) is 58.5 Å². The second kappa shape index (κ2) is 14.6. The predicted molar refractivity (Wildman–Crippen MR) is 218 cm³/mol. The van der Waals surface area contributed by atoms with Crippen molar-refractivity contribution in [3.63, 3.8) is 0 Å². The van der Waals surface area contributed by atoms with Crippen molar-refractivity contribution >= 4 is 80.5 Å². The first-order valence-electron chi connectivity index (χ1n) is 18.6. The van der Waals surface area contributed by atoms with E-state index in [1.807, 2.05) is 47.4 Å². The summed E-state index contributed by atoms with van der Waals surface area (Å²) in [4.78, 5) is 46.0. The maximum Gasteiger partial charge on any atom is 0.410 e. The number of allylic oxidation sites excluding steroid dienone is 2. The molecule has 2 amide bonds. The highest BCUT2D eigenvalue weighted by Gasteiger charge is 2.41. The van der Waals surface area contributed by atoms with Gasteiger partial charge in [0.15, 0.2) is 5.82 Å². The van der Waals surface area contributed by atoms with Crippen LogP contribution < -0.4 is 10.2 Å². The van der Waals surface area contributed by atoms with Crippen LogP contribution in [0.5, 0.6) is 0 Å². The molecule has 2 unspecified atom stereocenters. The third kappa shape index (κ3) is 6.40. The van der Waals surface area contributed by atoms with Gasteiger partial charge in [0.05, 0.1) is 24.5 Å². The fraction of sp³-hybridized carbons (Fsp3) is 0.286. The molecule has 2 atom stereocenters. The quantitative estimate of drug-likeness (QED) is 0.176. The maximum atomic E-state index is 14.8. The molecule has 13 heteroatoms. The SMILES string of the molecule is CC1CC=CN2C(=C1c1ccccc1)c1c(C(=O)Nc3cncnc3N3CCC(N4CCCOC4=O)CC3)[nH]c3cc(Cl)cc(c13)C2c1ccc(Cl)cc1Cl. The molecule has 6 heterocycles. The average Bonchev–Trinajstić information content (AvgIpc) is 3.48. The number of benzene rings is 3. The monoisotopic (exact) mass is 793 g/mol. The molecule has 0 aliphatic carbocycles. The Hall–Kier alpha value is -5.03. The first-order chi connectivity index (χ1) is 26.8. The molecule has 9 rings (SSSR count). The van der Waals surface area contributed by atoms with Crippen LogP contribution in [0.3, 0.4) is 0 Å². The van der Waals surface area contributed by atoms with Crippen molar-refractivity contribution in [1.29, 1.82) is 0 Å². The van der Waals surface area contributed by atoms with Crippen LogP contribution in [-0.4, -0.2) is 69.0 Å². The number of anilines is 2. The van der Waals surface area contributed by atoms with Gasteiger partial charge in [-0.15, -0.1) is 0 Å². The highest BCUT2D eigenvalue weighted by atomic mass is 35.5. The van der Waals surface area contributed by atoms with Gasteiger partial charge in [0.25, 0.3) is 5.91 Å². The Kier molecular flexibility index (Phi) is 9.44. The molecule has 3 aromatic carbocycles. The van der Waals surface area contributed by atoms with E-state index in [0.717, 1.165) is 70.1 Å². The van der Waals surface area contributed by atoms with Crippen LogP contribution in [0, 0.1) is 5.92 Å². The van der Waals surface area contributed by atoms with Crippen molar-refractivity contribution in [2.75, 3.05) is 36.5 Å². The molecule has 55 heavy (non-hydrogen) atoms. The molecule has 4 aliphatic rings. The maximum absolute atomic E-state index is 14.8. The van der Waals surface area contributed by atoms with Crippen LogP contribution in [0.1, 0.15) is 71.4 Å². The van der Waals surface area contributed by atoms with Crippen LogP contribution >= 0.6 is 34.8 Å². The van der Waals surface area contributed by atoms with Gasteiger partial charge in [-0.1, -0.05) is 84.2 Å². The number of hydrogen-bond donors (Lipinski definition) is 2. The Morgan fingerprint density at radius 1 is 0.982 bits per heavy atom. The number of halogens is 3. The van der Waals surface area contributed by atoms with E-state index in [-0.39, 0.29) is 30.0 Å². The largest absolute Gasteiger partial charge is 0.449 e. The second-order valence-corrected chi connectivity index (χ2v) is 15.8. The highest BCUT2D eigenvalue weighted by Crippen LogP contribution is 2.53. The molecule has 0 saturated carbocycles. The summed E-state index contributed by atoms with van der Waals surface area (Å²) in [5.41, 5.74) is 7.28. The Balaban J connectivity index is 1.16. The molecule has 0 bridgehead atoms. The summed E-state index contributed by atoms with van der Waals surface area (Å²) in [6.07, 6.45) is 10.3. The number of H-pyrrole nitrogens is 1. The van der Waals surface area contributed by atoms with E-state index in [1.54, 1.807) is 12.3 Å². The Morgan fingerprint density at radius 3 is 2.58 bits per heavy atom. The number of ether oxygens (including phenoxy) is 1. The lowest BCUT2D eigenvalue weighted by Gasteiger charge is -2.40. The van der Waals surface area contributed by atoms with Crippen LogP contribution in [0.25, 0.3) is 22.2 Å². The zero-order chi connectivity index (χ0) is 37.8. The second-order valence-electron chi connectivity index (χ2n) is 14.5. The molecule has 2 fully saturated rings. The van der Waals surface area contributed by atoms with E-state index in [2.05, 4.69) is 61.4 Å². The molecular formula is C42H38Cl3N7O3. The minimum Gasteiger partial charge on any atom is -0.449 e. The fourth-order valence-corrected chi connectivity index (χ4v) is 9.48. The number of cyclic esters (lactones) is 1. The molecule has 5 aromatic rings. The van der Waals surface area contributed by atoms with Crippen molar-refractivity contribution in [2.24, 2.45) is 5.92 Å².